The largest absolute Gasteiger partial charge is 0.380 e. The van der Waals surface area contributed by atoms with Crippen molar-refractivity contribution in [2.45, 2.75) is 20.4 Å². The number of nitrogens with zero attached hydrogens (tertiary/aromatic N) is 4. The Labute approximate surface area is 145 Å². The van der Waals surface area contributed by atoms with Crippen LogP contribution in [0.5, 0.6) is 0 Å². The van der Waals surface area contributed by atoms with E-state index in [-0.39, 0.29) is 5.78 Å². The Morgan fingerprint density at radius 1 is 1.28 bits per heavy atom. The Bertz CT molecular complexity index is 951. The molecule has 124 valence electrons. The van der Waals surface area contributed by atoms with E-state index >= 15 is 0 Å². The minimum atomic E-state index is -0.0453. The van der Waals surface area contributed by atoms with Crippen LogP contribution >= 0.6 is 0 Å². The Hall–Kier alpha value is -3.46. The molecule has 0 atom stereocenters. The summed E-state index contributed by atoms with van der Waals surface area (Å²) in [4.78, 5) is 20.4. The minimum Gasteiger partial charge on any atom is -0.380 e. The van der Waals surface area contributed by atoms with Crippen LogP contribution in [0, 0.1) is 18.3 Å². The predicted octanol–water partition coefficient (Wildman–Crippen LogP) is 3.26. The van der Waals surface area contributed by atoms with Gasteiger partial charge in [0.15, 0.2) is 5.78 Å². The first-order valence-electron chi connectivity index (χ1n) is 7.82. The second-order valence-electron chi connectivity index (χ2n) is 5.65. The number of Topliss-reactive ketones (excluding diaryl/α,β-unsaturated/α-hetero) is 1. The molecule has 1 N–H and O–H groups in total. The van der Waals surface area contributed by atoms with Gasteiger partial charge in [0.05, 0.1) is 11.6 Å². The summed E-state index contributed by atoms with van der Waals surface area (Å²) in [5.41, 5.74) is 2.70. The van der Waals surface area contributed by atoms with Crippen molar-refractivity contribution < 1.29 is 4.79 Å². The van der Waals surface area contributed by atoms with E-state index in [2.05, 4.69) is 21.4 Å². The zero-order valence-corrected chi connectivity index (χ0v) is 14.0. The van der Waals surface area contributed by atoms with Crippen molar-refractivity contribution in [3.05, 3.63) is 71.4 Å². The van der Waals surface area contributed by atoms with Gasteiger partial charge in [0.25, 0.3) is 0 Å². The summed E-state index contributed by atoms with van der Waals surface area (Å²) >= 11 is 0. The highest BCUT2D eigenvalue weighted by molar-refractivity contribution is 5.99. The van der Waals surface area contributed by atoms with Gasteiger partial charge in [-0.25, -0.2) is 9.97 Å². The number of rotatable bonds is 5. The van der Waals surface area contributed by atoms with Crippen LogP contribution < -0.4 is 5.32 Å². The molecule has 25 heavy (non-hydrogen) atoms. The number of hydrogen-bond acceptors (Lipinski definition) is 5. The maximum Gasteiger partial charge on any atom is 0.161 e. The molecule has 0 unspecified atom stereocenters. The van der Waals surface area contributed by atoms with Crippen molar-refractivity contribution in [2.24, 2.45) is 0 Å². The number of anilines is 1. The molecule has 2 heterocycles. The number of nitrogens with one attached hydrogen (secondary N) is 1. The summed E-state index contributed by atoms with van der Waals surface area (Å²) in [5.74, 6) is 1.63. The summed E-state index contributed by atoms with van der Waals surface area (Å²) in [7, 11) is 0. The van der Waals surface area contributed by atoms with Gasteiger partial charge in [-0.2, -0.15) is 5.26 Å². The Kier molecular flexibility index (Phi) is 4.57. The fourth-order valence-corrected chi connectivity index (χ4v) is 2.55. The van der Waals surface area contributed by atoms with Gasteiger partial charge in [-0.3, -0.25) is 9.36 Å². The number of hydrogen-bond donors (Lipinski definition) is 1. The van der Waals surface area contributed by atoms with Crippen molar-refractivity contribution in [3.63, 3.8) is 0 Å². The fourth-order valence-electron chi connectivity index (χ4n) is 2.55. The predicted molar refractivity (Wildman–Crippen MR) is 94.6 cm³/mol. The average Bonchev–Trinajstić information content (AvgIpc) is 3.06. The van der Waals surface area contributed by atoms with Crippen LogP contribution in [-0.2, 0) is 6.54 Å². The molecule has 0 saturated carbocycles. The van der Waals surface area contributed by atoms with Crippen molar-refractivity contribution in [1.82, 2.24) is 14.5 Å². The molecule has 6 heteroatoms. The molecular formula is C19H17N5O. The minimum absolute atomic E-state index is 0.0453. The normalized spacial score (nSPS) is 10.3. The standard InChI is InChI=1S/C19H17N5O/c1-13(25)17-5-3-15(10-20)9-18(17)22-11-16-4-6-19(23-12-16)24-8-7-21-14(24)2/h3-9,12,22H,11H2,1-2H3. The maximum absolute atomic E-state index is 11.7. The SMILES string of the molecule is CC(=O)c1ccc(C#N)cc1NCc1ccc(-n2ccnc2C)nc1. The zero-order chi connectivity index (χ0) is 17.8. The topological polar surface area (TPSA) is 83.6 Å². The Morgan fingerprint density at radius 2 is 2.12 bits per heavy atom. The van der Waals surface area contributed by atoms with E-state index in [1.165, 1.54) is 6.92 Å². The molecule has 6 nitrogen and oxygen atoms in total. The highest BCUT2D eigenvalue weighted by Gasteiger charge is 2.08. The molecule has 2 aromatic heterocycles. The van der Waals surface area contributed by atoms with Crippen LogP contribution in [0.2, 0.25) is 0 Å². The highest BCUT2D eigenvalue weighted by Crippen LogP contribution is 2.19. The van der Waals surface area contributed by atoms with Gasteiger partial charge in [0.1, 0.15) is 11.6 Å². The molecular weight excluding hydrogens is 314 g/mol. The van der Waals surface area contributed by atoms with E-state index in [0.29, 0.717) is 23.4 Å². The Balaban J connectivity index is 1.77. The summed E-state index contributed by atoms with van der Waals surface area (Å²) < 4.78 is 1.90. The van der Waals surface area contributed by atoms with Crippen LogP contribution in [0.25, 0.3) is 5.82 Å². The lowest BCUT2D eigenvalue weighted by atomic mass is 10.1. The number of pyridine rings is 1. The van der Waals surface area contributed by atoms with Gasteiger partial charge in [0, 0.05) is 36.4 Å². The van der Waals surface area contributed by atoms with Gasteiger partial charge in [-0.1, -0.05) is 6.07 Å². The van der Waals surface area contributed by atoms with Gasteiger partial charge in [-0.15, -0.1) is 0 Å². The molecule has 1 aromatic carbocycles. The number of aryl methyl sites for hydroxylation is 1. The van der Waals surface area contributed by atoms with E-state index in [9.17, 15) is 4.79 Å². The van der Waals surface area contributed by atoms with Crippen molar-refractivity contribution in [3.8, 4) is 11.9 Å². The van der Waals surface area contributed by atoms with E-state index in [1.54, 1.807) is 30.6 Å². The van der Waals surface area contributed by atoms with Gasteiger partial charge in [-0.05, 0) is 43.7 Å². The zero-order valence-electron chi connectivity index (χ0n) is 14.0. The molecule has 0 saturated heterocycles. The number of aromatic nitrogens is 3. The summed E-state index contributed by atoms with van der Waals surface area (Å²) in [6, 6.07) is 11.0. The third-order valence-corrected chi connectivity index (χ3v) is 3.89. The van der Waals surface area contributed by atoms with E-state index in [0.717, 1.165) is 17.2 Å². The molecule has 0 aliphatic heterocycles. The van der Waals surface area contributed by atoms with Crippen LogP contribution in [0.15, 0.2) is 48.9 Å². The molecule has 3 rings (SSSR count). The number of benzene rings is 1. The summed E-state index contributed by atoms with van der Waals surface area (Å²) in [6.07, 6.45) is 5.38. The van der Waals surface area contributed by atoms with Crippen LogP contribution in [-0.4, -0.2) is 20.3 Å². The van der Waals surface area contributed by atoms with Crippen LogP contribution in [0.4, 0.5) is 5.69 Å². The smallest absolute Gasteiger partial charge is 0.161 e. The van der Waals surface area contributed by atoms with E-state index in [1.807, 2.05) is 29.8 Å². The van der Waals surface area contributed by atoms with E-state index < -0.39 is 0 Å². The number of nitriles is 1. The summed E-state index contributed by atoms with van der Waals surface area (Å²) in [5, 5.41) is 12.3. The first kappa shape index (κ1) is 16.4. The maximum atomic E-state index is 11.7. The van der Waals surface area contributed by atoms with Gasteiger partial charge in [0.2, 0.25) is 0 Å². The third-order valence-electron chi connectivity index (χ3n) is 3.89. The average molecular weight is 331 g/mol. The lowest BCUT2D eigenvalue weighted by molar-refractivity contribution is 0.101. The summed E-state index contributed by atoms with van der Waals surface area (Å²) in [6.45, 7) is 3.93. The molecule has 0 spiro atoms. The second-order valence-corrected chi connectivity index (χ2v) is 5.65. The molecule has 0 bridgehead atoms. The molecule has 0 aliphatic carbocycles. The van der Waals surface area contributed by atoms with Crippen molar-refractivity contribution in [2.75, 3.05) is 5.32 Å². The molecule has 0 amide bonds. The monoisotopic (exact) mass is 331 g/mol. The first-order valence-corrected chi connectivity index (χ1v) is 7.82. The lowest BCUT2D eigenvalue weighted by Crippen LogP contribution is -2.06. The molecule has 3 aromatic rings. The number of carbonyl (C=O) groups excluding carboxylic acids is 1. The number of ketones is 1. The van der Waals surface area contributed by atoms with E-state index in [4.69, 9.17) is 5.26 Å². The molecule has 0 fully saturated rings. The van der Waals surface area contributed by atoms with Gasteiger partial charge < -0.3 is 5.32 Å². The highest BCUT2D eigenvalue weighted by atomic mass is 16.1. The molecule has 0 radical (unpaired) electrons. The molecule has 0 aliphatic rings. The number of carbonyl (C=O) groups is 1. The van der Waals surface area contributed by atoms with Gasteiger partial charge >= 0.3 is 0 Å². The van der Waals surface area contributed by atoms with Crippen LogP contribution in [0.1, 0.15) is 34.2 Å². The third kappa shape index (κ3) is 3.56. The van der Waals surface area contributed by atoms with Crippen LogP contribution in [0.3, 0.4) is 0 Å². The first-order chi connectivity index (χ1) is 12.1. The lowest BCUT2D eigenvalue weighted by Gasteiger charge is -2.11. The van der Waals surface area contributed by atoms with Crippen molar-refractivity contribution in [1.29, 1.82) is 5.26 Å². The Morgan fingerprint density at radius 3 is 2.72 bits per heavy atom. The fraction of sp³-hybridized carbons (Fsp3) is 0.158. The quantitative estimate of drug-likeness (QED) is 0.726. The number of imidazole rings is 1. The van der Waals surface area contributed by atoms with Crippen molar-refractivity contribution >= 4 is 11.5 Å². The second kappa shape index (κ2) is 6.97.